The van der Waals surface area contributed by atoms with Gasteiger partial charge in [0.1, 0.15) is 35.5 Å². The molecule has 4 N–H and O–H groups in total. The molecule has 1 aliphatic heterocycles. The highest BCUT2D eigenvalue weighted by Gasteiger charge is 2.46. The van der Waals surface area contributed by atoms with Crippen LogP contribution < -0.4 is 4.87 Å². The summed E-state index contributed by atoms with van der Waals surface area (Å²) in [7, 11) is 0. The summed E-state index contributed by atoms with van der Waals surface area (Å²) in [4.78, 5) is 13.9. The van der Waals surface area contributed by atoms with Crippen LogP contribution in [0.1, 0.15) is 6.04 Å². The fraction of sp³-hybridized carbons (Fsp3) is 0.389. The molecule has 1 saturated heterocycles. The molecule has 9 nitrogen and oxygen atoms in total. The Morgan fingerprint density at radius 3 is 2.68 bits per heavy atom. The number of nitrogens with zero attached hydrogens (tertiary/aromatic N) is 3. The number of thiazole rings is 1. The number of alkyl halides is 3. The molecule has 2 unspecified atom stereocenters. The predicted octanol–water partition coefficient (Wildman–Crippen LogP) is 2.73. The standard InChI is InChI=1S/C18H16ClF3N4O5S3/c19-8-3-7(1-2-12(8)34-18(20,21)22)33-16-15(29)13(14(28)11(5-27)31-16)26-4-9(24-25-26)10-6-32-17(30)23-10/h1-4,6,11,13-16,27-29H,5H2,(H,23,30)/t11?,13-,14-,15?,16+/m0/s1. The first kappa shape index (κ1) is 25.5. The lowest BCUT2D eigenvalue weighted by Gasteiger charge is -2.41. The third kappa shape index (κ3) is 5.62. The Hall–Kier alpha value is -1.59. The molecule has 0 spiro atoms. The molecule has 1 fully saturated rings. The van der Waals surface area contributed by atoms with Crippen molar-refractivity contribution in [3.8, 4) is 11.4 Å². The van der Waals surface area contributed by atoms with E-state index in [4.69, 9.17) is 16.3 Å². The van der Waals surface area contributed by atoms with E-state index in [1.807, 2.05) is 0 Å². The van der Waals surface area contributed by atoms with Crippen LogP contribution in [-0.4, -0.2) is 71.2 Å². The van der Waals surface area contributed by atoms with Gasteiger partial charge in [0.15, 0.2) is 0 Å². The second-order valence-corrected chi connectivity index (χ2v) is 10.6. The normalized spacial score (nSPS) is 25.6. The van der Waals surface area contributed by atoms with Gasteiger partial charge in [0.05, 0.1) is 23.5 Å². The SMILES string of the molecule is O=c1[nH]c(-c2cn([C@@H]3C(O)[C@@H](Sc4ccc(SC(F)(F)F)c(Cl)c4)OC(CO)[C@@H]3O)nn2)cs1. The van der Waals surface area contributed by atoms with Crippen molar-refractivity contribution in [2.75, 3.05) is 6.61 Å². The number of aromatic nitrogens is 4. The third-order valence-electron chi connectivity index (χ3n) is 4.84. The van der Waals surface area contributed by atoms with Crippen molar-refractivity contribution in [2.45, 2.75) is 45.1 Å². The summed E-state index contributed by atoms with van der Waals surface area (Å²) in [5, 5.41) is 40.7. The monoisotopic (exact) mass is 556 g/mol. The molecule has 16 heteroatoms. The highest BCUT2D eigenvalue weighted by molar-refractivity contribution is 8.00. The molecule has 0 aliphatic carbocycles. The maximum atomic E-state index is 12.6. The van der Waals surface area contributed by atoms with Crippen LogP contribution >= 0.6 is 46.5 Å². The van der Waals surface area contributed by atoms with E-state index in [-0.39, 0.29) is 26.6 Å². The van der Waals surface area contributed by atoms with Crippen molar-refractivity contribution >= 4 is 46.5 Å². The maximum Gasteiger partial charge on any atom is 0.446 e. The number of aliphatic hydroxyl groups excluding tert-OH is 3. The van der Waals surface area contributed by atoms with E-state index in [0.717, 1.165) is 23.1 Å². The summed E-state index contributed by atoms with van der Waals surface area (Å²) in [6, 6.07) is 2.84. The Kier molecular flexibility index (Phi) is 7.64. The number of nitrogens with one attached hydrogen (secondary N) is 1. The Bertz CT molecular complexity index is 1210. The summed E-state index contributed by atoms with van der Waals surface area (Å²) < 4.78 is 44.8. The number of hydrogen-bond acceptors (Lipinski definition) is 10. The average molecular weight is 557 g/mol. The van der Waals surface area contributed by atoms with Gasteiger partial charge in [-0.15, -0.1) is 5.10 Å². The van der Waals surface area contributed by atoms with Crippen LogP contribution in [0.2, 0.25) is 5.02 Å². The molecule has 2 aromatic heterocycles. The van der Waals surface area contributed by atoms with Crippen molar-refractivity contribution in [1.29, 1.82) is 0 Å². The highest BCUT2D eigenvalue weighted by atomic mass is 35.5. The van der Waals surface area contributed by atoms with Crippen LogP contribution in [0.4, 0.5) is 13.2 Å². The van der Waals surface area contributed by atoms with Crippen molar-refractivity contribution in [3.05, 3.63) is 44.5 Å². The fourth-order valence-electron chi connectivity index (χ4n) is 3.33. The second-order valence-electron chi connectivity index (χ2n) is 7.10. The quantitative estimate of drug-likeness (QED) is 0.338. The van der Waals surface area contributed by atoms with Crippen LogP contribution in [0.15, 0.2) is 44.4 Å². The molecular formula is C18H16ClF3N4O5S3. The Morgan fingerprint density at radius 1 is 1.29 bits per heavy atom. The topological polar surface area (TPSA) is 133 Å². The van der Waals surface area contributed by atoms with E-state index in [9.17, 15) is 33.3 Å². The molecule has 184 valence electrons. The molecule has 0 amide bonds. The first-order chi connectivity index (χ1) is 16.1. The summed E-state index contributed by atoms with van der Waals surface area (Å²) in [5.41, 5.74) is -4.81. The molecule has 0 radical (unpaired) electrons. The summed E-state index contributed by atoms with van der Waals surface area (Å²) in [6.07, 6.45) is -2.38. The Morgan fingerprint density at radius 2 is 2.06 bits per heavy atom. The minimum atomic E-state index is -4.49. The van der Waals surface area contributed by atoms with E-state index < -0.39 is 41.9 Å². The molecule has 1 aliphatic rings. The van der Waals surface area contributed by atoms with E-state index >= 15 is 0 Å². The smallest absolute Gasteiger partial charge is 0.394 e. The molecule has 34 heavy (non-hydrogen) atoms. The van der Waals surface area contributed by atoms with E-state index in [1.165, 1.54) is 29.1 Å². The number of rotatable bonds is 6. The highest BCUT2D eigenvalue weighted by Crippen LogP contribution is 2.43. The molecule has 3 heterocycles. The van der Waals surface area contributed by atoms with E-state index in [1.54, 1.807) is 5.38 Å². The lowest BCUT2D eigenvalue weighted by Crippen LogP contribution is -2.55. The zero-order valence-electron chi connectivity index (χ0n) is 16.7. The van der Waals surface area contributed by atoms with Crippen LogP contribution in [0.5, 0.6) is 0 Å². The van der Waals surface area contributed by atoms with Gasteiger partial charge in [-0.2, -0.15) is 13.2 Å². The van der Waals surface area contributed by atoms with Gasteiger partial charge in [-0.3, -0.25) is 4.79 Å². The van der Waals surface area contributed by atoms with Crippen molar-refractivity contribution in [1.82, 2.24) is 20.0 Å². The number of H-pyrrole nitrogens is 1. The summed E-state index contributed by atoms with van der Waals surface area (Å²) in [6.45, 7) is -0.567. The number of aliphatic hydroxyl groups is 3. The Balaban J connectivity index is 1.57. The first-order valence-electron chi connectivity index (χ1n) is 9.50. The number of ether oxygens (including phenoxy) is 1. The van der Waals surface area contributed by atoms with E-state index in [0.29, 0.717) is 16.3 Å². The summed E-state index contributed by atoms with van der Waals surface area (Å²) >= 11 is 7.55. The van der Waals surface area contributed by atoms with Crippen LogP contribution in [0.3, 0.4) is 0 Å². The molecule has 0 bridgehead atoms. The van der Waals surface area contributed by atoms with Gasteiger partial charge >= 0.3 is 10.4 Å². The number of aromatic amines is 1. The first-order valence-corrected chi connectivity index (χ1v) is 12.5. The molecule has 0 saturated carbocycles. The maximum absolute atomic E-state index is 12.6. The zero-order chi connectivity index (χ0) is 24.6. The van der Waals surface area contributed by atoms with Crippen molar-refractivity contribution in [2.24, 2.45) is 0 Å². The van der Waals surface area contributed by atoms with Gasteiger partial charge in [-0.1, -0.05) is 39.9 Å². The molecular weight excluding hydrogens is 541 g/mol. The van der Waals surface area contributed by atoms with E-state index in [2.05, 4.69) is 15.3 Å². The largest absolute Gasteiger partial charge is 0.446 e. The number of benzene rings is 1. The van der Waals surface area contributed by atoms with Gasteiger partial charge in [0.25, 0.3) is 0 Å². The Labute approximate surface area is 206 Å². The van der Waals surface area contributed by atoms with Gasteiger partial charge < -0.3 is 25.0 Å². The van der Waals surface area contributed by atoms with Crippen molar-refractivity contribution < 1.29 is 33.2 Å². The molecule has 1 aromatic carbocycles. The number of hydrogen-bond donors (Lipinski definition) is 4. The number of halogens is 4. The van der Waals surface area contributed by atoms with Crippen LogP contribution in [-0.2, 0) is 4.74 Å². The molecule has 3 aromatic rings. The molecule has 4 rings (SSSR count). The minimum absolute atomic E-state index is 0.126. The lowest BCUT2D eigenvalue weighted by atomic mass is 9.97. The fourth-order valence-corrected chi connectivity index (χ4v) is 5.90. The number of thioether (sulfide) groups is 2. The second kappa shape index (κ2) is 10.2. The van der Waals surface area contributed by atoms with Crippen LogP contribution in [0, 0.1) is 0 Å². The van der Waals surface area contributed by atoms with Gasteiger partial charge in [0, 0.05) is 15.2 Å². The van der Waals surface area contributed by atoms with Crippen LogP contribution in [0.25, 0.3) is 11.4 Å². The summed E-state index contributed by atoms with van der Waals surface area (Å²) in [5.74, 6) is 0. The predicted molar refractivity (Wildman–Crippen MR) is 120 cm³/mol. The van der Waals surface area contributed by atoms with Crippen molar-refractivity contribution in [3.63, 3.8) is 0 Å². The van der Waals surface area contributed by atoms with Gasteiger partial charge in [-0.25, -0.2) is 4.68 Å². The third-order valence-corrected chi connectivity index (χ3v) is 7.89. The molecule has 5 atom stereocenters. The zero-order valence-corrected chi connectivity index (χ0v) is 19.9. The average Bonchev–Trinajstić information content (AvgIpc) is 3.40. The van der Waals surface area contributed by atoms with Gasteiger partial charge in [-0.05, 0) is 30.0 Å². The lowest BCUT2D eigenvalue weighted by molar-refractivity contribution is -0.178. The minimum Gasteiger partial charge on any atom is -0.394 e. The van der Waals surface area contributed by atoms with Gasteiger partial charge in [0.2, 0.25) is 0 Å².